The molecular weight excluding hydrogens is 324 g/mol. The summed E-state index contributed by atoms with van der Waals surface area (Å²) in [5.74, 6) is -0.843. The van der Waals surface area contributed by atoms with Gasteiger partial charge in [0.15, 0.2) is 11.5 Å². The molecule has 2 heterocycles. The van der Waals surface area contributed by atoms with E-state index >= 15 is 0 Å². The number of benzene rings is 1. The number of methoxy groups -OCH3 is 2. The highest BCUT2D eigenvalue weighted by atomic mass is 16.5. The highest BCUT2D eigenvalue weighted by Gasteiger charge is 2.40. The van der Waals surface area contributed by atoms with Crippen molar-refractivity contribution in [3.8, 4) is 29.2 Å². The summed E-state index contributed by atoms with van der Waals surface area (Å²) < 4.78 is 15.9. The summed E-state index contributed by atoms with van der Waals surface area (Å²) in [7, 11) is 2.87. The molecule has 0 fully saturated rings. The fourth-order valence-corrected chi connectivity index (χ4v) is 3.11. The van der Waals surface area contributed by atoms with Gasteiger partial charge in [0, 0.05) is 17.2 Å². The number of phenols is 1. The van der Waals surface area contributed by atoms with E-state index in [1.54, 1.807) is 12.1 Å². The number of ether oxygens (including phenoxy) is 3. The number of aromatic hydroxyl groups is 1. The molecule has 2 unspecified atom stereocenters. The highest BCUT2D eigenvalue weighted by molar-refractivity contribution is 5.85. The highest BCUT2D eigenvalue weighted by Crippen LogP contribution is 2.47. The van der Waals surface area contributed by atoms with Crippen molar-refractivity contribution in [2.24, 2.45) is 5.92 Å². The number of aromatic amines is 1. The number of hydrogen-bond acceptors (Lipinski definition) is 7. The number of fused-ring (bicyclic) bond motifs is 1. The number of phenolic OH excluding ortho intramolecular Hbond substituents is 1. The van der Waals surface area contributed by atoms with Crippen LogP contribution < -0.4 is 14.2 Å². The van der Waals surface area contributed by atoms with Crippen molar-refractivity contribution in [1.82, 2.24) is 10.2 Å². The zero-order chi connectivity index (χ0) is 18.1. The van der Waals surface area contributed by atoms with Crippen LogP contribution in [0.15, 0.2) is 12.1 Å². The molecule has 0 amide bonds. The normalized spacial score (nSPS) is 18.9. The van der Waals surface area contributed by atoms with Crippen molar-refractivity contribution in [2.45, 2.75) is 19.3 Å². The maximum Gasteiger partial charge on any atom is 0.243 e. The molecule has 25 heavy (non-hydrogen) atoms. The molecule has 130 valence electrons. The summed E-state index contributed by atoms with van der Waals surface area (Å²) in [6.45, 7) is 1.96. The van der Waals surface area contributed by atoms with Gasteiger partial charge >= 0.3 is 0 Å². The first-order valence-corrected chi connectivity index (χ1v) is 7.73. The molecule has 8 nitrogen and oxygen atoms in total. The standard InChI is InChI=1S/C17H18N4O4/c1-4-10-14-13(9(7-18)16(19)25-17(14)21-20-10)8-5-11(23-2)15(22)12(6-8)24-3/h5-6,9,13,19,22H,4H2,1-3H3,(H,20,21). The minimum atomic E-state index is -0.825. The molecule has 0 spiro atoms. The van der Waals surface area contributed by atoms with Crippen LogP contribution in [-0.4, -0.2) is 35.4 Å². The lowest BCUT2D eigenvalue weighted by Crippen LogP contribution is -2.31. The van der Waals surface area contributed by atoms with Gasteiger partial charge in [-0.15, -0.1) is 5.10 Å². The predicted molar refractivity (Wildman–Crippen MR) is 88.5 cm³/mol. The second-order valence-corrected chi connectivity index (χ2v) is 5.60. The van der Waals surface area contributed by atoms with Gasteiger partial charge in [-0.3, -0.25) is 10.5 Å². The lowest BCUT2D eigenvalue weighted by molar-refractivity contribution is 0.338. The van der Waals surface area contributed by atoms with Crippen LogP contribution in [0.2, 0.25) is 0 Å². The van der Waals surface area contributed by atoms with Gasteiger partial charge in [-0.1, -0.05) is 6.92 Å². The Kier molecular flexibility index (Phi) is 4.23. The molecule has 1 aliphatic heterocycles. The van der Waals surface area contributed by atoms with Gasteiger partial charge < -0.3 is 19.3 Å². The third-order valence-corrected chi connectivity index (χ3v) is 4.34. The Labute approximate surface area is 144 Å². The van der Waals surface area contributed by atoms with Crippen LogP contribution in [0.25, 0.3) is 0 Å². The van der Waals surface area contributed by atoms with Gasteiger partial charge in [-0.25, -0.2) is 0 Å². The number of nitrogens with one attached hydrogen (secondary N) is 2. The number of aromatic nitrogens is 2. The monoisotopic (exact) mass is 342 g/mol. The summed E-state index contributed by atoms with van der Waals surface area (Å²) in [6, 6.07) is 5.42. The predicted octanol–water partition coefficient (Wildman–Crippen LogP) is 2.34. The minimum absolute atomic E-state index is 0.118. The van der Waals surface area contributed by atoms with Gasteiger partial charge in [-0.05, 0) is 24.1 Å². The van der Waals surface area contributed by atoms with Gasteiger partial charge in [0.2, 0.25) is 17.5 Å². The van der Waals surface area contributed by atoms with E-state index in [1.165, 1.54) is 14.2 Å². The molecule has 0 radical (unpaired) electrons. The summed E-state index contributed by atoms with van der Waals surface area (Å²) in [4.78, 5) is 0. The van der Waals surface area contributed by atoms with Gasteiger partial charge in [0.25, 0.3) is 0 Å². The Morgan fingerprint density at radius 1 is 1.36 bits per heavy atom. The second kappa shape index (κ2) is 6.36. The Morgan fingerprint density at radius 2 is 2.00 bits per heavy atom. The molecule has 3 N–H and O–H groups in total. The minimum Gasteiger partial charge on any atom is -0.502 e. The fourth-order valence-electron chi connectivity index (χ4n) is 3.11. The van der Waals surface area contributed by atoms with Crippen LogP contribution in [0.1, 0.15) is 29.7 Å². The van der Waals surface area contributed by atoms with Gasteiger partial charge in [0.1, 0.15) is 5.92 Å². The van der Waals surface area contributed by atoms with E-state index in [0.717, 1.165) is 11.3 Å². The maximum atomic E-state index is 10.1. The Morgan fingerprint density at radius 3 is 2.52 bits per heavy atom. The molecule has 0 saturated heterocycles. The molecule has 2 atom stereocenters. The van der Waals surface area contributed by atoms with E-state index < -0.39 is 11.8 Å². The summed E-state index contributed by atoms with van der Waals surface area (Å²) in [5.41, 5.74) is 2.24. The zero-order valence-electron chi connectivity index (χ0n) is 14.1. The summed E-state index contributed by atoms with van der Waals surface area (Å²) >= 11 is 0. The number of aryl methyl sites for hydroxylation is 1. The smallest absolute Gasteiger partial charge is 0.243 e. The molecule has 0 bridgehead atoms. The fraction of sp³-hybridized carbons (Fsp3) is 0.353. The van der Waals surface area contributed by atoms with Crippen LogP contribution in [0.3, 0.4) is 0 Å². The van der Waals surface area contributed by atoms with Crippen molar-refractivity contribution in [3.63, 3.8) is 0 Å². The average molecular weight is 342 g/mol. The van der Waals surface area contributed by atoms with Crippen molar-refractivity contribution < 1.29 is 19.3 Å². The van der Waals surface area contributed by atoms with E-state index in [9.17, 15) is 10.4 Å². The molecule has 2 aromatic rings. The van der Waals surface area contributed by atoms with E-state index in [2.05, 4.69) is 16.3 Å². The summed E-state index contributed by atoms with van der Waals surface area (Å²) in [6.07, 6.45) is 0.667. The molecule has 0 saturated carbocycles. The van der Waals surface area contributed by atoms with Crippen LogP contribution in [0, 0.1) is 22.7 Å². The number of H-pyrrole nitrogens is 1. The second-order valence-electron chi connectivity index (χ2n) is 5.60. The number of hydrogen-bond donors (Lipinski definition) is 3. The lowest BCUT2D eigenvalue weighted by atomic mass is 9.79. The lowest BCUT2D eigenvalue weighted by Gasteiger charge is -2.28. The largest absolute Gasteiger partial charge is 0.502 e. The first kappa shape index (κ1) is 16.6. The van der Waals surface area contributed by atoms with Crippen molar-refractivity contribution in [2.75, 3.05) is 14.2 Å². The van der Waals surface area contributed by atoms with Crippen LogP contribution in [0.5, 0.6) is 23.1 Å². The molecule has 3 rings (SSSR count). The summed E-state index contributed by atoms with van der Waals surface area (Å²) in [5, 5.41) is 34.8. The van der Waals surface area contributed by atoms with Crippen LogP contribution in [-0.2, 0) is 6.42 Å². The Hall–Kier alpha value is -3.21. The number of rotatable bonds is 4. The van der Waals surface area contributed by atoms with Crippen LogP contribution >= 0.6 is 0 Å². The first-order chi connectivity index (χ1) is 12.0. The van der Waals surface area contributed by atoms with Gasteiger partial charge in [0.05, 0.1) is 20.3 Å². The van der Waals surface area contributed by atoms with Crippen molar-refractivity contribution >= 4 is 5.90 Å². The van der Waals surface area contributed by atoms with Crippen molar-refractivity contribution in [1.29, 1.82) is 10.7 Å². The molecule has 1 aromatic carbocycles. The first-order valence-electron chi connectivity index (χ1n) is 7.73. The third kappa shape index (κ3) is 2.54. The third-order valence-electron chi connectivity index (χ3n) is 4.34. The number of nitrogens with zero attached hydrogens (tertiary/aromatic N) is 2. The van der Waals surface area contributed by atoms with E-state index in [0.29, 0.717) is 17.9 Å². The SMILES string of the molecule is CCc1[nH]nc2c1C(c1cc(OC)c(O)c(OC)c1)C(C#N)C(=N)O2. The topological polar surface area (TPSA) is 124 Å². The molecule has 0 aliphatic carbocycles. The quantitative estimate of drug-likeness (QED) is 0.783. The molecular formula is C17H18N4O4. The zero-order valence-corrected chi connectivity index (χ0v) is 14.1. The Balaban J connectivity index is 2.25. The van der Waals surface area contributed by atoms with E-state index in [1.807, 2.05) is 6.92 Å². The molecule has 1 aromatic heterocycles. The molecule has 8 heteroatoms. The number of nitriles is 1. The van der Waals surface area contributed by atoms with Crippen molar-refractivity contribution in [3.05, 3.63) is 29.0 Å². The van der Waals surface area contributed by atoms with Gasteiger partial charge in [-0.2, -0.15) is 5.26 Å². The van der Waals surface area contributed by atoms with E-state index in [-0.39, 0.29) is 23.1 Å². The molecule has 1 aliphatic rings. The Bertz CT molecular complexity index is 843. The van der Waals surface area contributed by atoms with Crippen LogP contribution in [0.4, 0.5) is 0 Å². The maximum absolute atomic E-state index is 10.1. The average Bonchev–Trinajstić information content (AvgIpc) is 3.03. The van der Waals surface area contributed by atoms with E-state index in [4.69, 9.17) is 19.6 Å².